The van der Waals surface area contributed by atoms with Crippen LogP contribution < -0.4 is 9.13 Å². The van der Waals surface area contributed by atoms with E-state index in [0.29, 0.717) is 0 Å². The van der Waals surface area contributed by atoms with Crippen LogP contribution in [0.15, 0.2) is 79.1 Å². The third-order valence-electron chi connectivity index (χ3n) is 5.48. The van der Waals surface area contributed by atoms with E-state index >= 15 is 0 Å². The number of benzene rings is 2. The van der Waals surface area contributed by atoms with Crippen LogP contribution in [-0.4, -0.2) is 4.57 Å². The molecule has 0 radical (unpaired) electrons. The molecule has 0 aliphatic carbocycles. The van der Waals surface area contributed by atoms with Crippen molar-refractivity contribution in [2.45, 2.75) is 39.2 Å². The van der Waals surface area contributed by atoms with Crippen molar-refractivity contribution in [2.24, 2.45) is 7.05 Å². The number of pyridine rings is 1. The molecule has 0 atom stereocenters. The van der Waals surface area contributed by atoms with Gasteiger partial charge in [-0.05, 0) is 25.0 Å². The van der Waals surface area contributed by atoms with Gasteiger partial charge in [0.15, 0.2) is 23.4 Å². The lowest BCUT2D eigenvalue weighted by Crippen LogP contribution is -2.32. The van der Waals surface area contributed by atoms with Gasteiger partial charge in [-0.3, -0.25) is 0 Å². The topological polar surface area (TPSA) is 12.7 Å². The zero-order valence-corrected chi connectivity index (χ0v) is 16.9. The standard InChI is InChI=1S/C25H29N3/c1-3-4-5-11-18-28-24-15-10-9-14-23(24)26(2)25(28)21-16-19-27(20-17-21)22-12-7-6-8-13-22/h6-10,12-17,19-20H,3-5,11,18H2,1-2H3/q+2. The number of imidazole rings is 1. The Morgan fingerprint density at radius 3 is 2.25 bits per heavy atom. The minimum atomic E-state index is 1.06. The van der Waals surface area contributed by atoms with Crippen LogP contribution in [-0.2, 0) is 13.6 Å². The molecule has 4 rings (SSSR count). The van der Waals surface area contributed by atoms with Gasteiger partial charge in [-0.2, -0.15) is 4.57 Å². The highest BCUT2D eigenvalue weighted by Gasteiger charge is 2.24. The molecule has 0 saturated heterocycles. The lowest BCUT2D eigenvalue weighted by Gasteiger charge is -2.04. The summed E-state index contributed by atoms with van der Waals surface area (Å²) in [5.74, 6) is 1.28. The number of unbranched alkanes of at least 4 members (excludes halogenated alkanes) is 3. The predicted octanol–water partition coefficient (Wildman–Crippen LogP) is 4.99. The van der Waals surface area contributed by atoms with Gasteiger partial charge in [0, 0.05) is 24.3 Å². The van der Waals surface area contributed by atoms with Gasteiger partial charge in [-0.15, -0.1) is 0 Å². The number of fused-ring (bicyclic) bond motifs is 1. The summed E-state index contributed by atoms with van der Waals surface area (Å²) in [6, 6.07) is 23.6. The molecule has 0 unspecified atom stereocenters. The highest BCUT2D eigenvalue weighted by atomic mass is 15.2. The van der Waals surface area contributed by atoms with E-state index in [1.54, 1.807) is 0 Å². The molecular weight excluding hydrogens is 342 g/mol. The average molecular weight is 372 g/mol. The molecule has 2 heterocycles. The van der Waals surface area contributed by atoms with Crippen molar-refractivity contribution in [2.75, 3.05) is 0 Å². The predicted molar refractivity (Wildman–Crippen MR) is 114 cm³/mol. The molecular formula is C25H29N3+2. The number of nitrogens with zero attached hydrogens (tertiary/aromatic N) is 3. The van der Waals surface area contributed by atoms with E-state index in [9.17, 15) is 0 Å². The SMILES string of the molecule is CCCCCCn1c(-c2cc[n+](-c3ccccc3)cc2)[n+](C)c2ccccc21. The van der Waals surface area contributed by atoms with Crippen molar-refractivity contribution in [3.8, 4) is 17.1 Å². The maximum atomic E-state index is 2.49. The van der Waals surface area contributed by atoms with Crippen LogP contribution >= 0.6 is 0 Å². The number of rotatable bonds is 7. The Morgan fingerprint density at radius 1 is 0.786 bits per heavy atom. The summed E-state index contributed by atoms with van der Waals surface area (Å²) < 4.78 is 6.99. The van der Waals surface area contributed by atoms with Crippen LogP contribution in [0.5, 0.6) is 0 Å². The first kappa shape index (κ1) is 18.4. The third kappa shape index (κ3) is 3.57. The van der Waals surface area contributed by atoms with E-state index < -0.39 is 0 Å². The smallest absolute Gasteiger partial charge is 0.226 e. The highest BCUT2D eigenvalue weighted by Crippen LogP contribution is 2.23. The zero-order valence-electron chi connectivity index (χ0n) is 16.9. The quantitative estimate of drug-likeness (QED) is 0.321. The molecule has 0 bridgehead atoms. The second kappa shape index (κ2) is 8.39. The Morgan fingerprint density at radius 2 is 1.50 bits per heavy atom. The fraction of sp³-hybridized carbons (Fsp3) is 0.280. The molecule has 142 valence electrons. The molecule has 0 aliphatic rings. The molecule has 0 aliphatic heterocycles. The van der Waals surface area contributed by atoms with Gasteiger partial charge < -0.3 is 0 Å². The van der Waals surface area contributed by atoms with Crippen LogP contribution in [0.1, 0.15) is 32.6 Å². The molecule has 0 amide bonds. The second-order valence-electron chi connectivity index (χ2n) is 7.41. The number of para-hydroxylation sites is 3. The Labute approximate surface area is 167 Å². The van der Waals surface area contributed by atoms with E-state index in [2.05, 4.69) is 107 Å². The summed E-state index contributed by atoms with van der Waals surface area (Å²) in [4.78, 5) is 0. The second-order valence-corrected chi connectivity index (χ2v) is 7.41. The number of hydrogen-bond acceptors (Lipinski definition) is 0. The molecule has 0 fully saturated rings. The van der Waals surface area contributed by atoms with Crippen molar-refractivity contribution >= 4 is 11.0 Å². The van der Waals surface area contributed by atoms with Gasteiger partial charge in [0.05, 0.1) is 19.2 Å². The molecule has 3 heteroatoms. The summed E-state index contributed by atoms with van der Waals surface area (Å²) >= 11 is 0. The monoisotopic (exact) mass is 371 g/mol. The van der Waals surface area contributed by atoms with Crippen LogP contribution in [0, 0.1) is 0 Å². The van der Waals surface area contributed by atoms with Gasteiger partial charge in [0.1, 0.15) is 0 Å². The first-order valence-corrected chi connectivity index (χ1v) is 10.3. The molecule has 3 nitrogen and oxygen atoms in total. The molecule has 0 saturated carbocycles. The van der Waals surface area contributed by atoms with Crippen LogP contribution in [0.3, 0.4) is 0 Å². The first-order valence-electron chi connectivity index (χ1n) is 10.3. The molecule has 2 aromatic heterocycles. The summed E-state index contributed by atoms with van der Waals surface area (Å²) in [7, 11) is 2.18. The number of hydrogen-bond donors (Lipinski definition) is 0. The van der Waals surface area contributed by atoms with E-state index in [0.717, 1.165) is 6.54 Å². The van der Waals surface area contributed by atoms with Gasteiger partial charge in [0.2, 0.25) is 5.69 Å². The lowest BCUT2D eigenvalue weighted by molar-refractivity contribution is -0.634. The van der Waals surface area contributed by atoms with E-state index in [1.165, 1.54) is 53.8 Å². The minimum absolute atomic E-state index is 1.06. The summed E-state index contributed by atoms with van der Waals surface area (Å²) in [5.41, 5.74) is 5.03. The molecule has 0 spiro atoms. The highest BCUT2D eigenvalue weighted by molar-refractivity contribution is 5.75. The van der Waals surface area contributed by atoms with Crippen molar-refractivity contribution in [1.82, 2.24) is 4.57 Å². The van der Waals surface area contributed by atoms with Gasteiger partial charge >= 0.3 is 0 Å². The van der Waals surface area contributed by atoms with E-state index in [1.807, 2.05) is 0 Å². The zero-order chi connectivity index (χ0) is 19.3. The van der Waals surface area contributed by atoms with Crippen LogP contribution in [0.4, 0.5) is 0 Å². The minimum Gasteiger partial charge on any atom is -0.226 e. The summed E-state index contributed by atoms with van der Waals surface area (Å²) in [5, 5.41) is 0. The molecule has 4 aromatic rings. The number of aromatic nitrogens is 3. The van der Waals surface area contributed by atoms with E-state index in [4.69, 9.17) is 0 Å². The van der Waals surface area contributed by atoms with E-state index in [-0.39, 0.29) is 0 Å². The fourth-order valence-electron chi connectivity index (χ4n) is 4.01. The molecule has 0 N–H and O–H groups in total. The van der Waals surface area contributed by atoms with Gasteiger partial charge in [0.25, 0.3) is 5.82 Å². The lowest BCUT2D eigenvalue weighted by atomic mass is 10.2. The maximum absolute atomic E-state index is 2.49. The molecule has 2 aromatic carbocycles. The first-order chi connectivity index (χ1) is 13.8. The number of aryl methyl sites for hydroxylation is 2. The van der Waals surface area contributed by atoms with Crippen molar-refractivity contribution in [3.63, 3.8) is 0 Å². The van der Waals surface area contributed by atoms with Crippen molar-refractivity contribution < 1.29 is 9.13 Å². The van der Waals surface area contributed by atoms with Crippen molar-refractivity contribution in [3.05, 3.63) is 79.1 Å². The van der Waals surface area contributed by atoms with Crippen molar-refractivity contribution in [1.29, 1.82) is 0 Å². The van der Waals surface area contributed by atoms with Crippen LogP contribution in [0.25, 0.3) is 28.1 Å². The fourth-order valence-corrected chi connectivity index (χ4v) is 4.01. The Hall–Kier alpha value is -2.94. The largest absolute Gasteiger partial charge is 0.290 e. The Balaban J connectivity index is 1.74. The molecule has 28 heavy (non-hydrogen) atoms. The van der Waals surface area contributed by atoms with Crippen LogP contribution in [0.2, 0.25) is 0 Å². The Bertz CT molecular complexity index is 1050. The average Bonchev–Trinajstić information content (AvgIpc) is 3.04. The summed E-state index contributed by atoms with van der Waals surface area (Å²) in [6.07, 6.45) is 9.40. The Kier molecular flexibility index (Phi) is 5.52. The normalized spacial score (nSPS) is 11.2. The van der Waals surface area contributed by atoms with Gasteiger partial charge in [-0.1, -0.05) is 50.1 Å². The maximum Gasteiger partial charge on any atom is 0.290 e. The summed E-state index contributed by atoms with van der Waals surface area (Å²) in [6.45, 7) is 3.33. The third-order valence-corrected chi connectivity index (χ3v) is 5.48. The van der Waals surface area contributed by atoms with Gasteiger partial charge in [-0.25, -0.2) is 9.13 Å².